The van der Waals surface area contributed by atoms with Crippen molar-refractivity contribution in [1.29, 1.82) is 0 Å². The van der Waals surface area contributed by atoms with Gasteiger partial charge in [0, 0.05) is 25.0 Å². The number of rotatable bonds is 5. The molecule has 2 aromatic rings. The van der Waals surface area contributed by atoms with E-state index in [1.807, 2.05) is 0 Å². The fourth-order valence-corrected chi connectivity index (χ4v) is 1.53. The van der Waals surface area contributed by atoms with E-state index in [-0.39, 0.29) is 18.6 Å². The summed E-state index contributed by atoms with van der Waals surface area (Å²) in [5, 5.41) is 4.13. The first kappa shape index (κ1) is 12.9. The molecule has 0 aromatic carbocycles. The third-order valence-corrected chi connectivity index (χ3v) is 2.32. The van der Waals surface area contributed by atoms with E-state index in [0.29, 0.717) is 17.9 Å². The zero-order valence-corrected chi connectivity index (χ0v) is 10.3. The highest BCUT2D eigenvalue weighted by Crippen LogP contribution is 2.11. The zero-order chi connectivity index (χ0) is 13.7. The van der Waals surface area contributed by atoms with Crippen molar-refractivity contribution in [2.75, 3.05) is 6.61 Å². The molecule has 0 aliphatic carbocycles. The Hall–Kier alpha value is -2.57. The topological polar surface area (TPSA) is 87.0 Å². The number of carbonyl (C=O) groups excluding carboxylic acids is 2. The van der Waals surface area contributed by atoms with Crippen molar-refractivity contribution >= 4 is 12.3 Å². The van der Waals surface area contributed by atoms with Crippen LogP contribution < -0.4 is 0 Å². The van der Waals surface area contributed by atoms with E-state index in [1.165, 1.54) is 10.9 Å². The van der Waals surface area contributed by atoms with Crippen LogP contribution in [-0.4, -0.2) is 38.6 Å². The lowest BCUT2D eigenvalue weighted by atomic mass is 10.2. The number of hydrogen-bond donors (Lipinski definition) is 0. The molecule has 0 aliphatic rings. The number of ether oxygens (including phenoxy) is 1. The van der Waals surface area contributed by atoms with Gasteiger partial charge in [-0.25, -0.2) is 19.4 Å². The normalized spacial score (nSPS) is 10.2. The molecule has 0 radical (unpaired) electrons. The molecule has 0 saturated heterocycles. The highest BCUT2D eigenvalue weighted by molar-refractivity contribution is 5.91. The van der Waals surface area contributed by atoms with E-state index in [2.05, 4.69) is 15.1 Å². The monoisotopic (exact) mass is 260 g/mol. The van der Waals surface area contributed by atoms with Gasteiger partial charge in [-0.1, -0.05) is 0 Å². The standard InChI is InChI=1S/C12H12N4O3/c1-2-19-11(18)9-8-16(15-10(9)4-7-17)12-13-5-3-6-14-12/h3,5-8H,2,4H2,1H3. The summed E-state index contributed by atoms with van der Waals surface area (Å²) in [7, 11) is 0. The Labute approximate surface area is 109 Å². The minimum Gasteiger partial charge on any atom is -0.462 e. The lowest BCUT2D eigenvalue weighted by Crippen LogP contribution is -2.06. The third kappa shape index (κ3) is 2.82. The molecule has 7 heteroatoms. The summed E-state index contributed by atoms with van der Waals surface area (Å²) in [4.78, 5) is 30.4. The fraction of sp³-hybridized carbons (Fsp3) is 0.250. The van der Waals surface area contributed by atoms with Gasteiger partial charge in [-0.2, -0.15) is 5.10 Å². The highest BCUT2D eigenvalue weighted by atomic mass is 16.5. The predicted octanol–water partition coefficient (Wildman–Crippen LogP) is 0.580. The van der Waals surface area contributed by atoms with Crippen molar-refractivity contribution in [1.82, 2.24) is 19.7 Å². The molecule has 98 valence electrons. The van der Waals surface area contributed by atoms with Crippen LogP contribution >= 0.6 is 0 Å². The fourth-order valence-electron chi connectivity index (χ4n) is 1.53. The Balaban J connectivity index is 2.40. The second-order valence-electron chi connectivity index (χ2n) is 3.57. The SMILES string of the molecule is CCOC(=O)c1cn(-c2ncccn2)nc1CC=O. The number of carbonyl (C=O) groups is 2. The van der Waals surface area contributed by atoms with Crippen molar-refractivity contribution in [3.63, 3.8) is 0 Å². The Morgan fingerprint density at radius 2 is 2.16 bits per heavy atom. The molecular formula is C12H12N4O3. The van der Waals surface area contributed by atoms with Gasteiger partial charge in [-0.05, 0) is 13.0 Å². The number of esters is 1. The molecule has 0 N–H and O–H groups in total. The number of nitrogens with zero attached hydrogens (tertiary/aromatic N) is 4. The maximum absolute atomic E-state index is 11.8. The van der Waals surface area contributed by atoms with Gasteiger partial charge in [-0.3, -0.25) is 0 Å². The van der Waals surface area contributed by atoms with Gasteiger partial charge in [0.25, 0.3) is 0 Å². The van der Waals surface area contributed by atoms with Crippen LogP contribution in [0.2, 0.25) is 0 Å². The van der Waals surface area contributed by atoms with Gasteiger partial charge in [0.15, 0.2) is 0 Å². The van der Waals surface area contributed by atoms with Crippen LogP contribution in [0, 0.1) is 0 Å². The quantitative estimate of drug-likeness (QED) is 0.577. The average Bonchev–Trinajstić information content (AvgIpc) is 2.85. The largest absolute Gasteiger partial charge is 0.462 e. The Kier molecular flexibility index (Phi) is 3.97. The Morgan fingerprint density at radius 3 is 2.79 bits per heavy atom. The molecule has 0 amide bonds. The van der Waals surface area contributed by atoms with Gasteiger partial charge >= 0.3 is 5.97 Å². The molecule has 0 aliphatic heterocycles. The molecule has 2 aromatic heterocycles. The van der Waals surface area contributed by atoms with E-state index in [1.54, 1.807) is 25.4 Å². The molecule has 2 rings (SSSR count). The van der Waals surface area contributed by atoms with Crippen molar-refractivity contribution in [2.45, 2.75) is 13.3 Å². The van der Waals surface area contributed by atoms with Crippen LogP contribution in [0.5, 0.6) is 0 Å². The summed E-state index contributed by atoms with van der Waals surface area (Å²) in [5.74, 6) is -0.188. The van der Waals surface area contributed by atoms with Gasteiger partial charge in [0.2, 0.25) is 5.95 Å². The number of aldehydes is 1. The van der Waals surface area contributed by atoms with Crippen LogP contribution in [0.15, 0.2) is 24.7 Å². The first-order chi connectivity index (χ1) is 9.26. The number of hydrogen-bond acceptors (Lipinski definition) is 6. The van der Waals surface area contributed by atoms with Gasteiger partial charge in [0.1, 0.15) is 11.8 Å². The molecule has 19 heavy (non-hydrogen) atoms. The van der Waals surface area contributed by atoms with E-state index < -0.39 is 5.97 Å². The average molecular weight is 260 g/mol. The van der Waals surface area contributed by atoms with Crippen LogP contribution in [0.25, 0.3) is 5.95 Å². The molecular weight excluding hydrogens is 248 g/mol. The second-order valence-corrected chi connectivity index (χ2v) is 3.57. The second kappa shape index (κ2) is 5.85. The summed E-state index contributed by atoms with van der Waals surface area (Å²) in [6.45, 7) is 1.97. The van der Waals surface area contributed by atoms with E-state index in [4.69, 9.17) is 4.74 Å². The van der Waals surface area contributed by atoms with Crippen LogP contribution in [-0.2, 0) is 16.0 Å². The summed E-state index contributed by atoms with van der Waals surface area (Å²) in [6, 6.07) is 1.67. The van der Waals surface area contributed by atoms with Crippen LogP contribution in [0.3, 0.4) is 0 Å². The number of aromatic nitrogens is 4. The van der Waals surface area contributed by atoms with Crippen molar-refractivity contribution in [3.8, 4) is 5.95 Å². The maximum atomic E-state index is 11.8. The van der Waals surface area contributed by atoms with E-state index in [9.17, 15) is 9.59 Å². The van der Waals surface area contributed by atoms with Crippen LogP contribution in [0.1, 0.15) is 23.0 Å². The van der Waals surface area contributed by atoms with Gasteiger partial charge in [0.05, 0.1) is 12.3 Å². The minimum absolute atomic E-state index is 0.0357. The van der Waals surface area contributed by atoms with Crippen molar-refractivity contribution in [2.24, 2.45) is 0 Å². The molecule has 0 spiro atoms. The summed E-state index contributed by atoms with van der Waals surface area (Å²) >= 11 is 0. The smallest absolute Gasteiger partial charge is 0.341 e. The first-order valence-electron chi connectivity index (χ1n) is 5.73. The molecule has 0 saturated carbocycles. The predicted molar refractivity (Wildman–Crippen MR) is 64.9 cm³/mol. The first-order valence-corrected chi connectivity index (χ1v) is 5.73. The van der Waals surface area contributed by atoms with Crippen LogP contribution in [0.4, 0.5) is 0 Å². The Bertz CT molecular complexity index is 580. The van der Waals surface area contributed by atoms with Crippen molar-refractivity contribution in [3.05, 3.63) is 35.9 Å². The highest BCUT2D eigenvalue weighted by Gasteiger charge is 2.18. The molecule has 2 heterocycles. The summed E-state index contributed by atoms with van der Waals surface area (Å²) in [6.07, 6.45) is 5.31. The Morgan fingerprint density at radius 1 is 1.42 bits per heavy atom. The molecule has 0 atom stereocenters. The molecule has 0 bridgehead atoms. The zero-order valence-electron chi connectivity index (χ0n) is 10.3. The van der Waals surface area contributed by atoms with E-state index in [0.717, 1.165) is 0 Å². The molecule has 0 fully saturated rings. The third-order valence-electron chi connectivity index (χ3n) is 2.32. The lowest BCUT2D eigenvalue weighted by Gasteiger charge is -1.98. The summed E-state index contributed by atoms with van der Waals surface area (Å²) < 4.78 is 6.27. The molecule has 7 nitrogen and oxygen atoms in total. The van der Waals surface area contributed by atoms with Crippen molar-refractivity contribution < 1.29 is 14.3 Å². The molecule has 0 unspecified atom stereocenters. The van der Waals surface area contributed by atoms with E-state index >= 15 is 0 Å². The summed E-state index contributed by atoms with van der Waals surface area (Å²) in [5.41, 5.74) is 0.599. The van der Waals surface area contributed by atoms with Gasteiger partial charge < -0.3 is 9.53 Å². The maximum Gasteiger partial charge on any atom is 0.341 e. The lowest BCUT2D eigenvalue weighted by molar-refractivity contribution is -0.107. The minimum atomic E-state index is -0.512. The van der Waals surface area contributed by atoms with Gasteiger partial charge in [-0.15, -0.1) is 0 Å².